The first-order chi connectivity index (χ1) is 6.46. The van der Waals surface area contributed by atoms with Gasteiger partial charge in [0.05, 0.1) is 0 Å². The molecule has 0 atom stereocenters. The fourth-order valence-electron chi connectivity index (χ4n) is 1.13. The predicted molar refractivity (Wildman–Crippen MR) is 90.2 cm³/mol. The van der Waals surface area contributed by atoms with E-state index in [0.29, 0.717) is 0 Å². The van der Waals surface area contributed by atoms with E-state index < -0.39 is 0 Å². The van der Waals surface area contributed by atoms with E-state index in [1.54, 1.807) is 0 Å². The molecule has 14 heavy (non-hydrogen) atoms. The quantitative estimate of drug-likeness (QED) is 0.394. The van der Waals surface area contributed by atoms with Gasteiger partial charge in [-0.1, -0.05) is 13.8 Å². The van der Waals surface area contributed by atoms with Gasteiger partial charge in [0, 0.05) is 10.7 Å². The molecular weight excluding hydrogens is 513 g/mol. The highest BCUT2D eigenvalue weighted by molar-refractivity contribution is 14.1. The van der Waals surface area contributed by atoms with E-state index in [0.717, 1.165) is 0 Å². The number of hydrogen-bond donors (Lipinski definition) is 0. The van der Waals surface area contributed by atoms with Crippen LogP contribution >= 0.6 is 67.8 Å². The van der Waals surface area contributed by atoms with Crippen molar-refractivity contribution < 1.29 is 0 Å². The highest BCUT2D eigenvalue weighted by Gasteiger charge is 2.11. The van der Waals surface area contributed by atoms with Gasteiger partial charge < -0.3 is 0 Å². The van der Waals surface area contributed by atoms with Crippen molar-refractivity contribution in [3.8, 4) is 0 Å². The van der Waals surface area contributed by atoms with Crippen LogP contribution in [0.3, 0.4) is 0 Å². The normalized spacial score (nSPS) is 9.43. The Bertz CT molecular complexity index is 225. The molecule has 0 spiro atoms. The van der Waals surface area contributed by atoms with Crippen LogP contribution in [0, 0.1) is 31.5 Å². The van der Waals surface area contributed by atoms with Crippen LogP contribution in [0.1, 0.15) is 30.5 Å². The first-order valence-corrected chi connectivity index (χ1v) is 7.80. The Morgan fingerprint density at radius 3 is 0.857 bits per heavy atom. The van der Waals surface area contributed by atoms with Crippen LogP contribution in [0.5, 0.6) is 0 Å². The van der Waals surface area contributed by atoms with Crippen LogP contribution in [-0.2, 0) is 0 Å². The van der Waals surface area contributed by atoms with Gasteiger partial charge in [-0.15, -0.1) is 0 Å². The summed E-state index contributed by atoms with van der Waals surface area (Å²) in [7, 11) is 0. The maximum absolute atomic E-state index is 2.43. The van der Waals surface area contributed by atoms with Crippen molar-refractivity contribution in [3.05, 3.63) is 27.4 Å². The number of rotatable bonds is 0. The Hall–Kier alpha value is 1.41. The van der Waals surface area contributed by atoms with Gasteiger partial charge in [-0.2, -0.15) is 0 Å². The third-order valence-corrected chi connectivity index (χ3v) is 6.83. The summed E-state index contributed by atoms with van der Waals surface area (Å²) < 4.78 is 4.23. The minimum Gasteiger partial charge on any atom is -0.0683 e. The largest absolute Gasteiger partial charge is 0.0683 e. The topological polar surface area (TPSA) is 0 Å². The molecule has 0 N–H and O–H groups in total. The second kappa shape index (κ2) is 6.88. The molecule has 0 aliphatic carbocycles. The molecule has 0 fully saturated rings. The Kier molecular flexibility index (Phi) is 7.57. The standard InChI is InChI=1S/C9H9I3.C2H6/c1-4-7(10)5(2)9(12)6(3)8(4)11;1-2/h1-3H3;1-2H3. The van der Waals surface area contributed by atoms with Crippen molar-refractivity contribution in [1.82, 2.24) is 0 Å². The lowest BCUT2D eigenvalue weighted by Crippen LogP contribution is -1.98. The Balaban J connectivity index is 0.000000791. The molecule has 0 aliphatic heterocycles. The monoisotopic (exact) mass is 528 g/mol. The Morgan fingerprint density at radius 2 is 0.714 bits per heavy atom. The average Bonchev–Trinajstić information content (AvgIpc) is 2.24. The molecule has 0 radical (unpaired) electrons. The van der Waals surface area contributed by atoms with Crippen LogP contribution in [0.4, 0.5) is 0 Å². The summed E-state index contributed by atoms with van der Waals surface area (Å²) in [6, 6.07) is 0. The molecule has 0 amide bonds. The molecule has 0 saturated carbocycles. The SMILES string of the molecule is CC.Cc1c(I)c(C)c(I)c(C)c1I. The molecule has 1 aromatic carbocycles. The van der Waals surface area contributed by atoms with Crippen LogP contribution in [0.2, 0.25) is 0 Å². The third-order valence-electron chi connectivity index (χ3n) is 1.98. The van der Waals surface area contributed by atoms with Crippen molar-refractivity contribution in [2.75, 3.05) is 0 Å². The second-order valence-corrected chi connectivity index (χ2v) is 6.05. The van der Waals surface area contributed by atoms with E-state index in [2.05, 4.69) is 88.5 Å². The lowest BCUT2D eigenvalue weighted by molar-refractivity contribution is 1.23. The fraction of sp³-hybridized carbons (Fsp3) is 0.455. The molecule has 3 heteroatoms. The van der Waals surface area contributed by atoms with Gasteiger partial charge in [-0.05, 0) is 105 Å². The summed E-state index contributed by atoms with van der Waals surface area (Å²) >= 11 is 7.28. The molecule has 80 valence electrons. The first kappa shape index (κ1) is 15.4. The maximum Gasteiger partial charge on any atom is 0.0210 e. The molecule has 1 rings (SSSR count). The van der Waals surface area contributed by atoms with Gasteiger partial charge in [0.15, 0.2) is 0 Å². The van der Waals surface area contributed by atoms with Gasteiger partial charge in [-0.25, -0.2) is 0 Å². The number of benzene rings is 1. The summed E-state index contributed by atoms with van der Waals surface area (Å²) in [6.45, 7) is 10.6. The molecule has 0 unspecified atom stereocenters. The van der Waals surface area contributed by atoms with Gasteiger partial charge in [0.25, 0.3) is 0 Å². The first-order valence-electron chi connectivity index (χ1n) is 4.57. The van der Waals surface area contributed by atoms with Crippen LogP contribution in [0.25, 0.3) is 0 Å². The van der Waals surface area contributed by atoms with Crippen molar-refractivity contribution in [3.63, 3.8) is 0 Å². The molecule has 0 saturated heterocycles. The molecule has 0 nitrogen and oxygen atoms in total. The highest BCUT2D eigenvalue weighted by Crippen LogP contribution is 2.29. The summed E-state index contributed by atoms with van der Waals surface area (Å²) in [5.74, 6) is 0. The smallest absolute Gasteiger partial charge is 0.0210 e. The molecular formula is C11H15I3. The van der Waals surface area contributed by atoms with Crippen LogP contribution in [0.15, 0.2) is 0 Å². The van der Waals surface area contributed by atoms with Gasteiger partial charge >= 0.3 is 0 Å². The van der Waals surface area contributed by atoms with Gasteiger partial charge in [0.2, 0.25) is 0 Å². The lowest BCUT2D eigenvalue weighted by Gasteiger charge is -2.11. The third kappa shape index (κ3) is 3.20. The van der Waals surface area contributed by atoms with E-state index in [-0.39, 0.29) is 0 Å². The number of hydrogen-bond acceptors (Lipinski definition) is 0. The van der Waals surface area contributed by atoms with E-state index in [4.69, 9.17) is 0 Å². The maximum atomic E-state index is 2.43. The van der Waals surface area contributed by atoms with Crippen LogP contribution < -0.4 is 0 Å². The van der Waals surface area contributed by atoms with E-state index in [1.807, 2.05) is 13.8 Å². The zero-order chi connectivity index (χ0) is 11.5. The van der Waals surface area contributed by atoms with Crippen molar-refractivity contribution in [1.29, 1.82) is 0 Å². The molecule has 0 aromatic heterocycles. The lowest BCUT2D eigenvalue weighted by atomic mass is 10.1. The molecule has 1 aromatic rings. The second-order valence-electron chi connectivity index (χ2n) is 2.82. The van der Waals surface area contributed by atoms with Crippen molar-refractivity contribution in [2.24, 2.45) is 0 Å². The van der Waals surface area contributed by atoms with Crippen molar-refractivity contribution >= 4 is 67.8 Å². The Morgan fingerprint density at radius 1 is 0.571 bits per heavy atom. The summed E-state index contributed by atoms with van der Waals surface area (Å²) in [6.07, 6.45) is 0. The predicted octanol–water partition coefficient (Wildman–Crippen LogP) is 5.45. The van der Waals surface area contributed by atoms with Crippen molar-refractivity contribution in [2.45, 2.75) is 34.6 Å². The Labute approximate surface area is 128 Å². The highest BCUT2D eigenvalue weighted by atomic mass is 127. The summed E-state index contributed by atoms with van der Waals surface area (Å²) in [4.78, 5) is 0. The fourth-order valence-corrected chi connectivity index (χ4v) is 4.30. The number of halogens is 3. The molecule has 0 heterocycles. The molecule has 0 bridgehead atoms. The average molecular weight is 528 g/mol. The summed E-state index contributed by atoms with van der Waals surface area (Å²) in [5, 5.41) is 0. The van der Waals surface area contributed by atoms with E-state index >= 15 is 0 Å². The zero-order valence-electron chi connectivity index (χ0n) is 9.13. The van der Waals surface area contributed by atoms with E-state index in [9.17, 15) is 0 Å². The van der Waals surface area contributed by atoms with Gasteiger partial charge in [-0.3, -0.25) is 0 Å². The zero-order valence-corrected chi connectivity index (χ0v) is 15.6. The van der Waals surface area contributed by atoms with E-state index in [1.165, 1.54) is 27.4 Å². The minimum absolute atomic E-state index is 1.41. The summed E-state index contributed by atoms with van der Waals surface area (Å²) in [5.41, 5.74) is 4.27. The minimum atomic E-state index is 1.41. The van der Waals surface area contributed by atoms with Crippen LogP contribution in [-0.4, -0.2) is 0 Å². The van der Waals surface area contributed by atoms with Gasteiger partial charge in [0.1, 0.15) is 0 Å². The molecule has 0 aliphatic rings.